The molecule has 1 N–H and O–H groups in total. The Labute approximate surface area is 207 Å². The van der Waals surface area contributed by atoms with E-state index in [2.05, 4.69) is 6.92 Å². The van der Waals surface area contributed by atoms with Crippen molar-refractivity contribution in [2.45, 2.75) is 122 Å². The molecule has 0 unspecified atom stereocenters. The molecule has 0 aliphatic heterocycles. The summed E-state index contributed by atoms with van der Waals surface area (Å²) in [6.07, 6.45) is 21.1. The predicted octanol–water partition coefficient (Wildman–Crippen LogP) is 6.26. The third-order valence-corrected chi connectivity index (χ3v) is 5.80. The van der Waals surface area contributed by atoms with Crippen LogP contribution in [0.3, 0.4) is 0 Å². The van der Waals surface area contributed by atoms with Crippen LogP contribution in [0.4, 0.5) is 0 Å². The number of Topliss-reactive ketones (excluding diaryl/α,β-unsaturated/α-hetero) is 1. The fourth-order valence-electron chi connectivity index (χ4n) is 3.68. The smallest absolute Gasteiger partial charge is 0.372 e. The van der Waals surface area contributed by atoms with Crippen molar-refractivity contribution in [1.29, 1.82) is 0 Å². The Bertz CT molecular complexity index is 493. The normalized spacial score (nSPS) is 11.0. The van der Waals surface area contributed by atoms with Crippen molar-refractivity contribution in [3.63, 3.8) is 0 Å². The summed E-state index contributed by atoms with van der Waals surface area (Å²) in [5.41, 5.74) is 0. The molecule has 0 amide bonds. The van der Waals surface area contributed by atoms with Crippen LogP contribution in [0.2, 0.25) is 0 Å². The van der Waals surface area contributed by atoms with Crippen LogP contribution >= 0.6 is 0 Å². The predicted molar refractivity (Wildman–Crippen MR) is 134 cm³/mol. The summed E-state index contributed by atoms with van der Waals surface area (Å²) < 4.78 is 15.7. The quantitative estimate of drug-likeness (QED) is 0.0831. The van der Waals surface area contributed by atoms with Gasteiger partial charge < -0.3 is 19.3 Å². The second-order valence-corrected chi connectivity index (χ2v) is 8.98. The van der Waals surface area contributed by atoms with Crippen LogP contribution in [0.25, 0.3) is 0 Å². The monoisotopic (exact) mass is 486 g/mol. The Morgan fingerprint density at radius 1 is 0.529 bits per heavy atom. The minimum Gasteiger partial charge on any atom is -0.476 e. The number of rotatable bonds is 27. The Hall–Kier alpha value is -1.47. The van der Waals surface area contributed by atoms with Crippen LogP contribution in [0, 0.1) is 0 Å². The first kappa shape index (κ1) is 32.5. The number of hydrogen-bond donors (Lipinski definition) is 1. The number of ether oxygens (including phenoxy) is 3. The van der Waals surface area contributed by atoms with Crippen molar-refractivity contribution in [1.82, 2.24) is 0 Å². The summed E-state index contributed by atoms with van der Waals surface area (Å²) in [5.74, 6) is -3.12. The van der Waals surface area contributed by atoms with Gasteiger partial charge in [0.15, 0.2) is 0 Å². The van der Waals surface area contributed by atoms with E-state index in [-0.39, 0.29) is 26.1 Å². The van der Waals surface area contributed by atoms with E-state index in [1.165, 1.54) is 96.3 Å². The number of carbonyl (C=O) groups is 3. The SMILES string of the molecule is CCCCCCCCCCCCCCCCCCOCCOCCOC(=O)CCC(=O)C(=O)O. The lowest BCUT2D eigenvalue weighted by atomic mass is 10.0. The first-order valence-corrected chi connectivity index (χ1v) is 13.6. The number of carbonyl (C=O) groups excluding carboxylic acids is 2. The van der Waals surface area contributed by atoms with E-state index in [0.717, 1.165) is 13.0 Å². The molecular formula is C27H50O7. The zero-order valence-corrected chi connectivity index (χ0v) is 21.7. The zero-order chi connectivity index (χ0) is 25.1. The molecule has 34 heavy (non-hydrogen) atoms. The van der Waals surface area contributed by atoms with Gasteiger partial charge in [-0.15, -0.1) is 0 Å². The minimum atomic E-state index is -1.53. The average Bonchev–Trinajstić information content (AvgIpc) is 2.82. The lowest BCUT2D eigenvalue weighted by molar-refractivity contribution is -0.151. The van der Waals surface area contributed by atoms with Gasteiger partial charge in [-0.25, -0.2) is 4.79 Å². The maximum absolute atomic E-state index is 11.3. The first-order chi connectivity index (χ1) is 16.6. The molecule has 0 saturated carbocycles. The van der Waals surface area contributed by atoms with E-state index >= 15 is 0 Å². The Kier molecular flexibility index (Phi) is 25.0. The Morgan fingerprint density at radius 3 is 1.41 bits per heavy atom. The van der Waals surface area contributed by atoms with Crippen LogP contribution < -0.4 is 0 Å². The van der Waals surface area contributed by atoms with Crippen molar-refractivity contribution in [3.05, 3.63) is 0 Å². The van der Waals surface area contributed by atoms with Gasteiger partial charge >= 0.3 is 11.9 Å². The maximum atomic E-state index is 11.3. The van der Waals surface area contributed by atoms with Gasteiger partial charge in [0, 0.05) is 13.0 Å². The number of hydrogen-bond acceptors (Lipinski definition) is 6. The molecule has 0 bridgehead atoms. The molecule has 0 spiro atoms. The fraction of sp³-hybridized carbons (Fsp3) is 0.889. The largest absolute Gasteiger partial charge is 0.476 e. The van der Waals surface area contributed by atoms with Crippen LogP contribution in [-0.4, -0.2) is 55.9 Å². The number of esters is 1. The molecule has 0 aliphatic rings. The average molecular weight is 487 g/mol. The molecule has 0 radical (unpaired) electrons. The van der Waals surface area contributed by atoms with Gasteiger partial charge in [-0.05, 0) is 6.42 Å². The van der Waals surface area contributed by atoms with E-state index in [4.69, 9.17) is 19.3 Å². The number of unbranched alkanes of at least 4 members (excludes halogenated alkanes) is 15. The van der Waals surface area contributed by atoms with E-state index < -0.39 is 17.7 Å². The highest BCUT2D eigenvalue weighted by atomic mass is 16.6. The number of aliphatic carboxylic acids is 1. The van der Waals surface area contributed by atoms with E-state index in [1.54, 1.807) is 0 Å². The molecule has 7 heteroatoms. The van der Waals surface area contributed by atoms with Crippen molar-refractivity contribution in [2.75, 3.05) is 33.0 Å². The van der Waals surface area contributed by atoms with Gasteiger partial charge in [0.2, 0.25) is 5.78 Å². The first-order valence-electron chi connectivity index (χ1n) is 13.6. The number of carboxylic acid groups (broad SMARTS) is 1. The van der Waals surface area contributed by atoms with Crippen molar-refractivity contribution in [2.24, 2.45) is 0 Å². The molecule has 0 aromatic rings. The minimum absolute atomic E-state index is 0.0826. The summed E-state index contributed by atoms with van der Waals surface area (Å²) in [5, 5.41) is 8.43. The van der Waals surface area contributed by atoms with Gasteiger partial charge in [0.25, 0.3) is 0 Å². The van der Waals surface area contributed by atoms with Gasteiger partial charge in [-0.2, -0.15) is 0 Å². The lowest BCUT2D eigenvalue weighted by Gasteiger charge is -2.07. The lowest BCUT2D eigenvalue weighted by Crippen LogP contribution is -2.17. The molecule has 0 aromatic heterocycles. The van der Waals surface area contributed by atoms with E-state index in [9.17, 15) is 14.4 Å². The maximum Gasteiger partial charge on any atom is 0.372 e. The van der Waals surface area contributed by atoms with Crippen LogP contribution in [0.5, 0.6) is 0 Å². The van der Waals surface area contributed by atoms with Gasteiger partial charge in [0.05, 0.1) is 26.2 Å². The molecule has 7 nitrogen and oxygen atoms in total. The van der Waals surface area contributed by atoms with Crippen molar-refractivity contribution in [3.8, 4) is 0 Å². The molecule has 0 heterocycles. The van der Waals surface area contributed by atoms with Crippen LogP contribution in [0.15, 0.2) is 0 Å². The molecular weight excluding hydrogens is 436 g/mol. The second kappa shape index (κ2) is 26.1. The Morgan fingerprint density at radius 2 is 0.941 bits per heavy atom. The topological polar surface area (TPSA) is 99.1 Å². The number of ketones is 1. The van der Waals surface area contributed by atoms with Gasteiger partial charge in [0.1, 0.15) is 6.61 Å². The van der Waals surface area contributed by atoms with Crippen LogP contribution in [0.1, 0.15) is 122 Å². The third-order valence-electron chi connectivity index (χ3n) is 5.80. The molecule has 0 atom stereocenters. The molecule has 0 aliphatic carbocycles. The fourth-order valence-corrected chi connectivity index (χ4v) is 3.68. The van der Waals surface area contributed by atoms with Gasteiger partial charge in [-0.1, -0.05) is 103 Å². The molecule has 0 fully saturated rings. The standard InChI is InChI=1S/C27H50O7/c1-2-3-4-5-6-7-8-9-10-11-12-13-14-15-16-17-20-32-21-22-33-23-24-34-26(29)19-18-25(28)27(30)31/h2-24H2,1H3,(H,30,31). The Balaban J connectivity index is 3.14. The molecule has 0 saturated heterocycles. The summed E-state index contributed by atoms with van der Waals surface area (Å²) in [4.78, 5) is 32.6. The van der Waals surface area contributed by atoms with E-state index in [1.807, 2.05) is 0 Å². The van der Waals surface area contributed by atoms with E-state index in [0.29, 0.717) is 13.2 Å². The summed E-state index contributed by atoms with van der Waals surface area (Å²) >= 11 is 0. The second-order valence-electron chi connectivity index (χ2n) is 8.98. The number of carboxylic acids is 1. The van der Waals surface area contributed by atoms with Gasteiger partial charge in [-0.3, -0.25) is 9.59 Å². The molecule has 0 rings (SSSR count). The van der Waals surface area contributed by atoms with Crippen LogP contribution in [-0.2, 0) is 28.6 Å². The highest BCUT2D eigenvalue weighted by molar-refractivity contribution is 6.32. The molecule has 0 aromatic carbocycles. The summed E-state index contributed by atoms with van der Waals surface area (Å²) in [6, 6.07) is 0. The van der Waals surface area contributed by atoms with Crippen molar-refractivity contribution < 1.29 is 33.7 Å². The highest BCUT2D eigenvalue weighted by Gasteiger charge is 2.14. The highest BCUT2D eigenvalue weighted by Crippen LogP contribution is 2.13. The summed E-state index contributed by atoms with van der Waals surface area (Å²) in [6.45, 7) is 4.30. The van der Waals surface area contributed by atoms with Crippen molar-refractivity contribution >= 4 is 17.7 Å². The molecule has 200 valence electrons. The summed E-state index contributed by atoms with van der Waals surface area (Å²) in [7, 11) is 0. The zero-order valence-electron chi connectivity index (χ0n) is 21.7. The third kappa shape index (κ3) is 25.2.